The maximum atomic E-state index is 12.9. The van der Waals surface area contributed by atoms with Crippen LogP contribution in [-0.4, -0.2) is 30.9 Å². The number of hydrogen-bond donors (Lipinski definition) is 2. The van der Waals surface area contributed by atoms with Crippen LogP contribution in [0.25, 0.3) is 0 Å². The summed E-state index contributed by atoms with van der Waals surface area (Å²) in [7, 11) is 0. The minimum atomic E-state index is -0.0704. The number of nitrogens with zero attached hydrogens (tertiary/aromatic N) is 1. The van der Waals surface area contributed by atoms with Gasteiger partial charge in [0, 0.05) is 36.9 Å². The van der Waals surface area contributed by atoms with E-state index in [0.29, 0.717) is 17.7 Å². The Morgan fingerprint density at radius 2 is 1.39 bits per heavy atom. The predicted octanol–water partition coefficient (Wildman–Crippen LogP) is 4.02. The van der Waals surface area contributed by atoms with Crippen LogP contribution < -0.4 is 15.5 Å². The molecular formula is C26H27N3O2. The van der Waals surface area contributed by atoms with Crippen LogP contribution in [-0.2, 0) is 6.54 Å². The molecule has 3 aromatic rings. The van der Waals surface area contributed by atoms with E-state index < -0.39 is 0 Å². The van der Waals surface area contributed by atoms with Crippen molar-refractivity contribution in [2.24, 2.45) is 0 Å². The third kappa shape index (κ3) is 5.31. The molecule has 5 nitrogen and oxygen atoms in total. The molecule has 0 aromatic heterocycles. The second-order valence-corrected chi connectivity index (χ2v) is 7.79. The number of rotatable bonds is 6. The molecule has 1 aliphatic rings. The standard InChI is InChI=1S/C26H27N3O2/c30-25(21-11-5-2-6-12-21)28-22-15-17-29(18-16-22)24-14-8-7-13-23(24)26(31)27-19-20-9-3-1-4-10-20/h1-14,22H,15-19H2,(H,27,31)(H,28,30). The van der Waals surface area contributed by atoms with Gasteiger partial charge in [-0.3, -0.25) is 9.59 Å². The van der Waals surface area contributed by atoms with Crippen molar-refractivity contribution < 1.29 is 9.59 Å². The van der Waals surface area contributed by atoms with Gasteiger partial charge in [0.15, 0.2) is 0 Å². The zero-order chi connectivity index (χ0) is 21.5. The van der Waals surface area contributed by atoms with Crippen LogP contribution in [0, 0.1) is 0 Å². The Hall–Kier alpha value is -3.60. The minimum absolute atomic E-state index is 0.0280. The van der Waals surface area contributed by atoms with Crippen molar-refractivity contribution in [1.82, 2.24) is 10.6 Å². The fraction of sp³-hybridized carbons (Fsp3) is 0.231. The molecule has 3 aromatic carbocycles. The highest BCUT2D eigenvalue weighted by atomic mass is 16.2. The van der Waals surface area contributed by atoms with Gasteiger partial charge in [0.2, 0.25) is 0 Å². The molecule has 0 saturated carbocycles. The number of amides is 2. The van der Waals surface area contributed by atoms with Gasteiger partial charge >= 0.3 is 0 Å². The summed E-state index contributed by atoms with van der Waals surface area (Å²) in [5.74, 6) is -0.0984. The molecule has 0 radical (unpaired) electrons. The summed E-state index contributed by atoms with van der Waals surface area (Å²) in [6.07, 6.45) is 1.69. The van der Waals surface area contributed by atoms with Gasteiger partial charge < -0.3 is 15.5 Å². The Balaban J connectivity index is 1.35. The minimum Gasteiger partial charge on any atom is -0.371 e. The summed E-state index contributed by atoms with van der Waals surface area (Å²) in [5, 5.41) is 6.16. The Bertz CT molecular complexity index is 1010. The topological polar surface area (TPSA) is 61.4 Å². The Morgan fingerprint density at radius 3 is 2.10 bits per heavy atom. The zero-order valence-electron chi connectivity index (χ0n) is 17.5. The molecule has 0 aliphatic carbocycles. The van der Waals surface area contributed by atoms with E-state index >= 15 is 0 Å². The number of benzene rings is 3. The summed E-state index contributed by atoms with van der Waals surface area (Å²) in [4.78, 5) is 27.5. The van der Waals surface area contributed by atoms with Crippen LogP contribution in [0.1, 0.15) is 39.1 Å². The molecule has 1 fully saturated rings. The highest BCUT2D eigenvalue weighted by molar-refractivity contribution is 5.99. The van der Waals surface area contributed by atoms with Gasteiger partial charge in [0.05, 0.1) is 5.56 Å². The molecule has 1 saturated heterocycles. The first-order chi connectivity index (χ1) is 15.2. The molecular weight excluding hydrogens is 386 g/mol. The first-order valence-corrected chi connectivity index (χ1v) is 10.7. The molecule has 4 rings (SSSR count). The van der Waals surface area contributed by atoms with Gasteiger partial charge in [-0.15, -0.1) is 0 Å². The highest BCUT2D eigenvalue weighted by Crippen LogP contribution is 2.24. The number of hydrogen-bond acceptors (Lipinski definition) is 3. The van der Waals surface area contributed by atoms with Crippen LogP contribution in [0.3, 0.4) is 0 Å². The third-order valence-electron chi connectivity index (χ3n) is 5.65. The molecule has 1 aliphatic heterocycles. The molecule has 158 valence electrons. The van der Waals surface area contributed by atoms with Crippen LogP contribution in [0.2, 0.25) is 0 Å². The molecule has 0 bridgehead atoms. The summed E-state index contributed by atoms with van der Waals surface area (Å²) in [6.45, 7) is 2.09. The van der Waals surface area contributed by atoms with Crippen molar-refractivity contribution in [2.75, 3.05) is 18.0 Å². The van der Waals surface area contributed by atoms with Crippen LogP contribution in [0.15, 0.2) is 84.9 Å². The Labute approximate surface area is 183 Å². The van der Waals surface area contributed by atoms with E-state index in [9.17, 15) is 9.59 Å². The maximum absolute atomic E-state index is 12.9. The van der Waals surface area contributed by atoms with E-state index in [0.717, 1.165) is 37.2 Å². The van der Waals surface area contributed by atoms with Gasteiger partial charge in [-0.2, -0.15) is 0 Å². The largest absolute Gasteiger partial charge is 0.371 e. The van der Waals surface area contributed by atoms with Crippen molar-refractivity contribution in [3.05, 3.63) is 102 Å². The lowest BCUT2D eigenvalue weighted by Crippen LogP contribution is -2.45. The summed E-state index contributed by atoms with van der Waals surface area (Å²) in [5.41, 5.74) is 3.39. The van der Waals surface area contributed by atoms with Crippen molar-refractivity contribution in [1.29, 1.82) is 0 Å². The fourth-order valence-electron chi connectivity index (χ4n) is 3.94. The number of carbonyl (C=O) groups excluding carboxylic acids is 2. The van der Waals surface area contributed by atoms with Gasteiger partial charge in [0.1, 0.15) is 0 Å². The zero-order valence-corrected chi connectivity index (χ0v) is 17.5. The maximum Gasteiger partial charge on any atom is 0.253 e. The molecule has 31 heavy (non-hydrogen) atoms. The number of para-hydroxylation sites is 1. The average molecular weight is 414 g/mol. The highest BCUT2D eigenvalue weighted by Gasteiger charge is 2.24. The smallest absolute Gasteiger partial charge is 0.253 e. The molecule has 0 atom stereocenters. The summed E-state index contributed by atoms with van der Waals surface area (Å²) < 4.78 is 0. The second-order valence-electron chi connectivity index (χ2n) is 7.79. The lowest BCUT2D eigenvalue weighted by molar-refractivity contribution is 0.0929. The first kappa shape index (κ1) is 20.7. The molecule has 0 spiro atoms. The van der Waals surface area contributed by atoms with Crippen molar-refractivity contribution in [3.63, 3.8) is 0 Å². The van der Waals surface area contributed by atoms with Gasteiger partial charge in [0.25, 0.3) is 11.8 Å². The van der Waals surface area contributed by atoms with Crippen molar-refractivity contribution >= 4 is 17.5 Å². The van der Waals surface area contributed by atoms with E-state index in [1.54, 1.807) is 0 Å². The van der Waals surface area contributed by atoms with Crippen molar-refractivity contribution in [2.45, 2.75) is 25.4 Å². The Kier molecular flexibility index (Phi) is 6.62. The van der Waals surface area contributed by atoms with Crippen LogP contribution >= 0.6 is 0 Å². The number of anilines is 1. The third-order valence-corrected chi connectivity index (χ3v) is 5.65. The summed E-state index contributed by atoms with van der Waals surface area (Å²) >= 11 is 0. The lowest BCUT2D eigenvalue weighted by atomic mass is 10.0. The fourth-order valence-corrected chi connectivity index (χ4v) is 3.94. The van der Waals surface area contributed by atoms with E-state index in [1.165, 1.54) is 0 Å². The van der Waals surface area contributed by atoms with E-state index in [1.807, 2.05) is 84.9 Å². The number of nitrogens with one attached hydrogen (secondary N) is 2. The molecule has 1 heterocycles. The lowest BCUT2D eigenvalue weighted by Gasteiger charge is -2.35. The SMILES string of the molecule is O=C(NC1CCN(c2ccccc2C(=O)NCc2ccccc2)CC1)c1ccccc1. The van der Waals surface area contributed by atoms with E-state index in [4.69, 9.17) is 0 Å². The normalized spacial score (nSPS) is 14.1. The van der Waals surface area contributed by atoms with Crippen LogP contribution in [0.5, 0.6) is 0 Å². The molecule has 5 heteroatoms. The number of carbonyl (C=O) groups is 2. The van der Waals surface area contributed by atoms with Crippen molar-refractivity contribution in [3.8, 4) is 0 Å². The van der Waals surface area contributed by atoms with Gasteiger partial charge in [-0.05, 0) is 42.7 Å². The molecule has 0 unspecified atom stereocenters. The predicted molar refractivity (Wildman–Crippen MR) is 123 cm³/mol. The Morgan fingerprint density at radius 1 is 0.774 bits per heavy atom. The monoisotopic (exact) mass is 413 g/mol. The second kappa shape index (κ2) is 9.94. The molecule has 2 N–H and O–H groups in total. The summed E-state index contributed by atoms with van der Waals surface area (Å²) in [6, 6.07) is 27.1. The average Bonchev–Trinajstić information content (AvgIpc) is 2.84. The van der Waals surface area contributed by atoms with E-state index in [2.05, 4.69) is 15.5 Å². The van der Waals surface area contributed by atoms with Crippen LogP contribution in [0.4, 0.5) is 5.69 Å². The first-order valence-electron chi connectivity index (χ1n) is 10.7. The van der Waals surface area contributed by atoms with Gasteiger partial charge in [-0.25, -0.2) is 0 Å². The number of piperidine rings is 1. The van der Waals surface area contributed by atoms with Gasteiger partial charge in [-0.1, -0.05) is 60.7 Å². The quantitative estimate of drug-likeness (QED) is 0.642. The molecule has 2 amide bonds. The van der Waals surface area contributed by atoms with E-state index in [-0.39, 0.29) is 17.9 Å².